The Kier molecular flexibility index (Phi) is 3.76. The van der Waals surface area contributed by atoms with Crippen molar-refractivity contribution in [3.8, 4) is 0 Å². The molecule has 3 heterocycles. The fraction of sp³-hybridized carbons (Fsp3) is 0.692. The van der Waals surface area contributed by atoms with E-state index in [2.05, 4.69) is 16.3 Å². The Morgan fingerprint density at radius 2 is 2.29 bits per heavy atom. The number of ether oxygens (including phenoxy) is 2. The fourth-order valence-electron chi connectivity index (χ4n) is 2.59. The predicted molar refractivity (Wildman–Crippen MR) is 68.6 cm³/mol. The molecule has 2 aliphatic rings. The highest BCUT2D eigenvalue weighted by Gasteiger charge is 2.24. The highest BCUT2D eigenvalue weighted by molar-refractivity contribution is 7.10. The van der Waals surface area contributed by atoms with E-state index in [-0.39, 0.29) is 6.10 Å². The standard InChI is InChI=1S/C13H19NO2S/c1-4-14(5-8-15-6-1)10-12-11-3-9-17-13(11)2-7-16-12/h3,9,12H,1-2,4-8,10H2. The number of rotatable bonds is 2. The summed E-state index contributed by atoms with van der Waals surface area (Å²) in [6, 6.07) is 2.23. The van der Waals surface area contributed by atoms with E-state index in [0.717, 1.165) is 52.3 Å². The molecule has 1 aromatic heterocycles. The Morgan fingerprint density at radius 1 is 1.29 bits per heavy atom. The molecule has 0 saturated carbocycles. The Balaban J connectivity index is 1.65. The molecule has 1 atom stereocenters. The first-order chi connectivity index (χ1) is 8.43. The summed E-state index contributed by atoms with van der Waals surface area (Å²) in [4.78, 5) is 4.00. The third-order valence-electron chi connectivity index (χ3n) is 3.51. The Hall–Kier alpha value is -0.420. The molecule has 0 N–H and O–H groups in total. The number of fused-ring (bicyclic) bond motifs is 1. The molecule has 0 aliphatic carbocycles. The zero-order valence-corrected chi connectivity index (χ0v) is 10.9. The molecule has 2 aliphatic heterocycles. The van der Waals surface area contributed by atoms with Crippen LogP contribution in [0.1, 0.15) is 23.0 Å². The molecule has 1 saturated heterocycles. The second-order valence-electron chi connectivity index (χ2n) is 4.68. The Bertz CT molecular complexity index is 358. The topological polar surface area (TPSA) is 21.7 Å². The number of nitrogens with zero attached hydrogens (tertiary/aromatic N) is 1. The number of hydrogen-bond acceptors (Lipinski definition) is 4. The van der Waals surface area contributed by atoms with Gasteiger partial charge in [0, 0.05) is 37.5 Å². The van der Waals surface area contributed by atoms with Crippen LogP contribution in [-0.4, -0.2) is 44.4 Å². The molecule has 17 heavy (non-hydrogen) atoms. The minimum atomic E-state index is 0.281. The molecular formula is C13H19NO2S. The van der Waals surface area contributed by atoms with Gasteiger partial charge in [0.25, 0.3) is 0 Å². The lowest BCUT2D eigenvalue weighted by Crippen LogP contribution is -2.33. The Morgan fingerprint density at radius 3 is 3.29 bits per heavy atom. The van der Waals surface area contributed by atoms with Crippen molar-refractivity contribution in [1.29, 1.82) is 0 Å². The Labute approximate surface area is 106 Å². The molecule has 4 heteroatoms. The highest BCUT2D eigenvalue weighted by Crippen LogP contribution is 2.31. The molecule has 1 fully saturated rings. The van der Waals surface area contributed by atoms with Gasteiger partial charge in [0.15, 0.2) is 0 Å². The SMILES string of the molecule is c1cc2c(s1)CCOC2CN1CCCOCC1. The van der Waals surface area contributed by atoms with E-state index in [1.807, 2.05) is 11.3 Å². The van der Waals surface area contributed by atoms with Crippen molar-refractivity contribution >= 4 is 11.3 Å². The van der Waals surface area contributed by atoms with Crippen LogP contribution in [0.25, 0.3) is 0 Å². The van der Waals surface area contributed by atoms with Crippen LogP contribution in [0, 0.1) is 0 Å². The van der Waals surface area contributed by atoms with Gasteiger partial charge in [-0.2, -0.15) is 0 Å². The van der Waals surface area contributed by atoms with E-state index in [1.54, 1.807) is 0 Å². The van der Waals surface area contributed by atoms with Crippen LogP contribution in [0.2, 0.25) is 0 Å². The van der Waals surface area contributed by atoms with Crippen molar-refractivity contribution < 1.29 is 9.47 Å². The van der Waals surface area contributed by atoms with Gasteiger partial charge < -0.3 is 9.47 Å². The van der Waals surface area contributed by atoms with E-state index in [4.69, 9.17) is 9.47 Å². The van der Waals surface area contributed by atoms with Crippen molar-refractivity contribution in [2.24, 2.45) is 0 Å². The monoisotopic (exact) mass is 253 g/mol. The molecule has 3 rings (SSSR count). The summed E-state index contributed by atoms with van der Waals surface area (Å²) in [7, 11) is 0. The summed E-state index contributed by atoms with van der Waals surface area (Å²) in [5.74, 6) is 0. The van der Waals surface area contributed by atoms with Gasteiger partial charge in [-0.05, 0) is 23.4 Å². The van der Waals surface area contributed by atoms with Gasteiger partial charge in [0.1, 0.15) is 0 Å². The summed E-state index contributed by atoms with van der Waals surface area (Å²) in [6.45, 7) is 5.85. The molecule has 94 valence electrons. The van der Waals surface area contributed by atoms with Crippen LogP contribution in [0.3, 0.4) is 0 Å². The normalized spacial score (nSPS) is 26.5. The quantitative estimate of drug-likeness (QED) is 0.805. The summed E-state index contributed by atoms with van der Waals surface area (Å²) in [6.07, 6.45) is 2.51. The first-order valence-electron chi connectivity index (χ1n) is 6.41. The van der Waals surface area contributed by atoms with Gasteiger partial charge in [-0.3, -0.25) is 4.90 Å². The molecule has 1 aromatic rings. The first-order valence-corrected chi connectivity index (χ1v) is 7.29. The lowest BCUT2D eigenvalue weighted by atomic mass is 10.1. The maximum Gasteiger partial charge on any atom is 0.0962 e. The zero-order valence-electron chi connectivity index (χ0n) is 10.1. The van der Waals surface area contributed by atoms with Crippen LogP contribution >= 0.6 is 11.3 Å². The van der Waals surface area contributed by atoms with Crippen LogP contribution in [-0.2, 0) is 15.9 Å². The first kappa shape index (κ1) is 11.7. The third kappa shape index (κ3) is 2.71. The van der Waals surface area contributed by atoms with Crippen LogP contribution in [0.4, 0.5) is 0 Å². The average molecular weight is 253 g/mol. The molecule has 0 aromatic carbocycles. The third-order valence-corrected chi connectivity index (χ3v) is 4.51. The van der Waals surface area contributed by atoms with Crippen molar-refractivity contribution in [2.75, 3.05) is 39.5 Å². The van der Waals surface area contributed by atoms with E-state index in [1.165, 1.54) is 10.4 Å². The van der Waals surface area contributed by atoms with Gasteiger partial charge >= 0.3 is 0 Å². The second-order valence-corrected chi connectivity index (χ2v) is 5.68. The highest BCUT2D eigenvalue weighted by atomic mass is 32.1. The lowest BCUT2D eigenvalue weighted by Gasteiger charge is -2.29. The molecule has 0 bridgehead atoms. The molecule has 3 nitrogen and oxygen atoms in total. The van der Waals surface area contributed by atoms with E-state index < -0.39 is 0 Å². The molecule has 0 spiro atoms. The van der Waals surface area contributed by atoms with Crippen LogP contribution in [0.5, 0.6) is 0 Å². The largest absolute Gasteiger partial charge is 0.380 e. The van der Waals surface area contributed by atoms with E-state index >= 15 is 0 Å². The summed E-state index contributed by atoms with van der Waals surface area (Å²) in [5.41, 5.74) is 1.42. The van der Waals surface area contributed by atoms with Gasteiger partial charge in [-0.15, -0.1) is 11.3 Å². The minimum absolute atomic E-state index is 0.281. The predicted octanol–water partition coefficient (Wildman–Crippen LogP) is 2.08. The minimum Gasteiger partial charge on any atom is -0.380 e. The van der Waals surface area contributed by atoms with Crippen molar-refractivity contribution in [2.45, 2.75) is 18.9 Å². The van der Waals surface area contributed by atoms with Crippen LogP contribution < -0.4 is 0 Å². The average Bonchev–Trinajstić information content (AvgIpc) is 2.69. The van der Waals surface area contributed by atoms with E-state index in [0.29, 0.717) is 0 Å². The van der Waals surface area contributed by atoms with Gasteiger partial charge in [-0.25, -0.2) is 0 Å². The summed E-state index contributed by atoms with van der Waals surface area (Å²) < 4.78 is 11.4. The smallest absolute Gasteiger partial charge is 0.0962 e. The molecular weight excluding hydrogens is 234 g/mol. The lowest BCUT2D eigenvalue weighted by molar-refractivity contribution is 0.0165. The number of thiophene rings is 1. The summed E-state index contributed by atoms with van der Waals surface area (Å²) >= 11 is 1.87. The van der Waals surface area contributed by atoms with Crippen molar-refractivity contribution in [3.63, 3.8) is 0 Å². The summed E-state index contributed by atoms with van der Waals surface area (Å²) in [5, 5.41) is 2.19. The molecule has 1 unspecified atom stereocenters. The van der Waals surface area contributed by atoms with Gasteiger partial charge in [0.05, 0.1) is 19.3 Å². The van der Waals surface area contributed by atoms with Crippen molar-refractivity contribution in [3.05, 3.63) is 21.9 Å². The van der Waals surface area contributed by atoms with Crippen molar-refractivity contribution in [1.82, 2.24) is 4.90 Å². The van der Waals surface area contributed by atoms with Gasteiger partial charge in [-0.1, -0.05) is 0 Å². The van der Waals surface area contributed by atoms with Crippen LogP contribution in [0.15, 0.2) is 11.4 Å². The number of hydrogen-bond donors (Lipinski definition) is 0. The second kappa shape index (κ2) is 5.48. The van der Waals surface area contributed by atoms with Gasteiger partial charge in [0.2, 0.25) is 0 Å². The zero-order chi connectivity index (χ0) is 11.5. The molecule has 0 amide bonds. The van der Waals surface area contributed by atoms with E-state index in [9.17, 15) is 0 Å². The maximum absolute atomic E-state index is 5.93. The maximum atomic E-state index is 5.93. The molecule has 0 radical (unpaired) electrons. The fourth-order valence-corrected chi connectivity index (χ4v) is 3.51.